The zero-order valence-electron chi connectivity index (χ0n) is 15.4. The lowest BCUT2D eigenvalue weighted by molar-refractivity contribution is -0.137. The van der Waals surface area contributed by atoms with Crippen molar-refractivity contribution < 1.29 is 18.0 Å². The number of anilines is 1. The largest absolute Gasteiger partial charge is 0.416 e. The minimum atomic E-state index is -4.38. The van der Waals surface area contributed by atoms with E-state index in [0.29, 0.717) is 44.0 Å². The highest BCUT2D eigenvalue weighted by Gasteiger charge is 2.42. The molecule has 1 aromatic heterocycles. The number of carbonyl (C=O) groups is 1. The Balaban J connectivity index is 1.89. The van der Waals surface area contributed by atoms with E-state index in [9.17, 15) is 18.0 Å². The van der Waals surface area contributed by atoms with Crippen LogP contribution in [0.2, 0.25) is 0 Å². The maximum atomic E-state index is 13.2. The van der Waals surface area contributed by atoms with Crippen LogP contribution in [-0.2, 0) is 11.0 Å². The highest BCUT2D eigenvalue weighted by molar-refractivity contribution is 5.76. The molecule has 26 heavy (non-hydrogen) atoms. The third-order valence-corrected chi connectivity index (χ3v) is 5.73. The first-order valence-corrected chi connectivity index (χ1v) is 8.87. The maximum absolute atomic E-state index is 13.2. The number of pyridine rings is 1. The molecule has 8 heteroatoms. The molecule has 2 aliphatic rings. The summed E-state index contributed by atoms with van der Waals surface area (Å²) in [5.74, 6) is 0.495. The fraction of sp³-hybridized carbons (Fsp3) is 0.667. The number of likely N-dealkylation sites (tertiary alicyclic amines) is 1. The molecule has 144 valence electrons. The number of halogens is 3. The van der Waals surface area contributed by atoms with Gasteiger partial charge in [-0.05, 0) is 38.9 Å². The molecule has 0 saturated carbocycles. The minimum absolute atomic E-state index is 0.125. The number of likely N-dealkylation sites (N-methyl/N-ethyl adjacent to an activating group) is 1. The van der Waals surface area contributed by atoms with E-state index in [1.165, 1.54) is 0 Å². The molecule has 0 aliphatic carbocycles. The summed E-state index contributed by atoms with van der Waals surface area (Å²) in [6, 6.07) is 2.22. The summed E-state index contributed by atoms with van der Waals surface area (Å²) in [6.07, 6.45) is -2.41. The van der Waals surface area contributed by atoms with Crippen molar-refractivity contribution in [2.24, 2.45) is 0 Å². The molecule has 0 radical (unpaired) electrons. The quantitative estimate of drug-likeness (QED) is 0.762. The Morgan fingerprint density at radius 2 is 1.85 bits per heavy atom. The van der Waals surface area contributed by atoms with Crippen LogP contribution in [0.1, 0.15) is 30.5 Å². The van der Waals surface area contributed by atoms with Crippen LogP contribution in [0.4, 0.5) is 19.0 Å². The van der Waals surface area contributed by atoms with Crippen LogP contribution in [0.25, 0.3) is 0 Å². The van der Waals surface area contributed by atoms with Gasteiger partial charge in [0.2, 0.25) is 5.91 Å². The average Bonchev–Trinajstić information content (AvgIpc) is 2.71. The van der Waals surface area contributed by atoms with Gasteiger partial charge in [0.1, 0.15) is 5.82 Å². The first-order valence-electron chi connectivity index (χ1n) is 8.87. The summed E-state index contributed by atoms with van der Waals surface area (Å²) >= 11 is 0. The Hall–Kier alpha value is -1.83. The van der Waals surface area contributed by atoms with E-state index in [2.05, 4.69) is 9.88 Å². The van der Waals surface area contributed by atoms with E-state index in [0.717, 1.165) is 25.1 Å². The summed E-state index contributed by atoms with van der Waals surface area (Å²) in [7, 11) is 3.84. The number of amides is 1. The Morgan fingerprint density at radius 1 is 1.12 bits per heavy atom. The van der Waals surface area contributed by atoms with Gasteiger partial charge in [0, 0.05) is 50.9 Å². The monoisotopic (exact) mass is 370 g/mol. The topological polar surface area (TPSA) is 39.7 Å². The molecule has 5 nitrogen and oxygen atoms in total. The molecule has 2 saturated heterocycles. The molecule has 0 bridgehead atoms. The molecule has 1 aromatic rings. The van der Waals surface area contributed by atoms with Gasteiger partial charge in [0.05, 0.1) is 5.56 Å². The molecule has 0 unspecified atom stereocenters. The van der Waals surface area contributed by atoms with Gasteiger partial charge in [-0.3, -0.25) is 9.69 Å². The van der Waals surface area contributed by atoms with Gasteiger partial charge in [-0.2, -0.15) is 13.2 Å². The second-order valence-electron chi connectivity index (χ2n) is 7.49. The van der Waals surface area contributed by atoms with Gasteiger partial charge in [-0.1, -0.05) is 0 Å². The molecule has 3 heterocycles. The van der Waals surface area contributed by atoms with Gasteiger partial charge in [0.25, 0.3) is 0 Å². The number of hydrogen-bond acceptors (Lipinski definition) is 4. The molecule has 0 aromatic carbocycles. The Kier molecular flexibility index (Phi) is 4.90. The summed E-state index contributed by atoms with van der Waals surface area (Å²) < 4.78 is 39.5. The molecular formula is C18H25F3N4O. The summed E-state index contributed by atoms with van der Waals surface area (Å²) in [4.78, 5) is 22.4. The van der Waals surface area contributed by atoms with Crippen LogP contribution in [0, 0.1) is 6.92 Å². The van der Waals surface area contributed by atoms with Crippen molar-refractivity contribution in [3.8, 4) is 0 Å². The van der Waals surface area contributed by atoms with Crippen molar-refractivity contribution in [2.45, 2.75) is 37.9 Å². The smallest absolute Gasteiger partial charge is 0.353 e. The lowest BCUT2D eigenvalue weighted by Crippen LogP contribution is -2.61. The van der Waals surface area contributed by atoms with Crippen LogP contribution in [-0.4, -0.2) is 66.5 Å². The third-order valence-electron chi connectivity index (χ3n) is 5.73. The summed E-state index contributed by atoms with van der Waals surface area (Å²) in [5, 5.41) is 0. The fourth-order valence-corrected chi connectivity index (χ4v) is 3.93. The first-order chi connectivity index (χ1) is 12.1. The number of rotatable bonds is 1. The standard InChI is InChI=1S/C18H25F3N4O/c1-13-10-14(18(19,20)21)11-15(22-13)25-9-8-24(3)17(12-25)5-4-16(26)23(2)7-6-17/h10-11H,4-9,12H2,1-3H3/t17-/m1/s1. The van der Waals surface area contributed by atoms with E-state index >= 15 is 0 Å². The summed E-state index contributed by atoms with van der Waals surface area (Å²) in [5.41, 5.74) is -0.523. The molecule has 2 aliphatic heterocycles. The van der Waals surface area contributed by atoms with E-state index in [1.54, 1.807) is 18.9 Å². The molecule has 1 atom stereocenters. The van der Waals surface area contributed by atoms with E-state index in [1.807, 2.05) is 11.9 Å². The molecular weight excluding hydrogens is 345 g/mol. The minimum Gasteiger partial charge on any atom is -0.353 e. The lowest BCUT2D eigenvalue weighted by atomic mass is 9.86. The predicted octanol–water partition coefficient (Wildman–Crippen LogP) is 2.54. The Bertz CT molecular complexity index is 694. The Labute approximate surface area is 151 Å². The van der Waals surface area contributed by atoms with Crippen molar-refractivity contribution in [3.05, 3.63) is 23.4 Å². The molecule has 0 N–H and O–H groups in total. The highest BCUT2D eigenvalue weighted by Crippen LogP contribution is 2.35. The van der Waals surface area contributed by atoms with Gasteiger partial charge in [-0.15, -0.1) is 0 Å². The number of alkyl halides is 3. The molecule has 2 fully saturated rings. The number of nitrogens with zero attached hydrogens (tertiary/aromatic N) is 4. The van der Waals surface area contributed by atoms with E-state index in [-0.39, 0.29) is 11.4 Å². The van der Waals surface area contributed by atoms with Crippen LogP contribution in [0.3, 0.4) is 0 Å². The van der Waals surface area contributed by atoms with Gasteiger partial charge < -0.3 is 9.80 Å². The zero-order valence-corrected chi connectivity index (χ0v) is 15.4. The number of carbonyl (C=O) groups excluding carboxylic acids is 1. The number of piperazine rings is 1. The Morgan fingerprint density at radius 3 is 2.54 bits per heavy atom. The lowest BCUT2D eigenvalue weighted by Gasteiger charge is -2.49. The van der Waals surface area contributed by atoms with E-state index in [4.69, 9.17) is 0 Å². The van der Waals surface area contributed by atoms with Crippen molar-refractivity contribution in [1.82, 2.24) is 14.8 Å². The first kappa shape index (κ1) is 18.9. The van der Waals surface area contributed by atoms with Crippen molar-refractivity contribution in [3.63, 3.8) is 0 Å². The fourth-order valence-electron chi connectivity index (χ4n) is 3.93. The second-order valence-corrected chi connectivity index (χ2v) is 7.49. The predicted molar refractivity (Wildman–Crippen MR) is 93.0 cm³/mol. The normalized spacial score (nSPS) is 25.7. The second kappa shape index (κ2) is 6.72. The summed E-state index contributed by atoms with van der Waals surface area (Å²) in [6.45, 7) is 4.18. The van der Waals surface area contributed by atoms with Crippen LogP contribution >= 0.6 is 0 Å². The van der Waals surface area contributed by atoms with E-state index < -0.39 is 11.7 Å². The van der Waals surface area contributed by atoms with Crippen molar-refractivity contribution >= 4 is 11.7 Å². The molecule has 1 amide bonds. The van der Waals surface area contributed by atoms with Gasteiger partial charge in [0.15, 0.2) is 0 Å². The zero-order chi connectivity index (χ0) is 19.1. The number of aromatic nitrogens is 1. The number of aryl methyl sites for hydroxylation is 1. The SMILES string of the molecule is Cc1cc(C(F)(F)F)cc(N2CCN(C)[C@@]3(CCC(=O)N(C)CC3)C2)n1. The van der Waals surface area contributed by atoms with Gasteiger partial charge >= 0.3 is 6.18 Å². The average molecular weight is 370 g/mol. The molecule has 1 spiro atoms. The van der Waals surface area contributed by atoms with Crippen LogP contribution < -0.4 is 4.90 Å². The van der Waals surface area contributed by atoms with Crippen molar-refractivity contribution in [2.75, 3.05) is 45.2 Å². The van der Waals surface area contributed by atoms with Crippen LogP contribution in [0.5, 0.6) is 0 Å². The van der Waals surface area contributed by atoms with Crippen LogP contribution in [0.15, 0.2) is 12.1 Å². The molecule has 3 rings (SSSR count). The highest BCUT2D eigenvalue weighted by atomic mass is 19.4. The third kappa shape index (κ3) is 3.65. The van der Waals surface area contributed by atoms with Crippen molar-refractivity contribution in [1.29, 1.82) is 0 Å². The maximum Gasteiger partial charge on any atom is 0.416 e. The number of hydrogen-bond donors (Lipinski definition) is 0. The van der Waals surface area contributed by atoms with Gasteiger partial charge in [-0.25, -0.2) is 4.98 Å².